The van der Waals surface area contributed by atoms with Gasteiger partial charge in [-0.2, -0.15) is 0 Å². The van der Waals surface area contributed by atoms with Gasteiger partial charge in [-0.3, -0.25) is 4.99 Å². The van der Waals surface area contributed by atoms with E-state index in [4.69, 9.17) is 18.9 Å². The Bertz CT molecular complexity index is 559. The molecule has 0 fully saturated rings. The molecule has 1 aromatic rings. The summed E-state index contributed by atoms with van der Waals surface area (Å²) in [4.78, 5) is 4.21. The van der Waals surface area contributed by atoms with Crippen molar-refractivity contribution in [1.29, 1.82) is 0 Å². The molecule has 0 atom stereocenters. The lowest BCUT2D eigenvalue weighted by molar-refractivity contribution is 0.0268. The molecule has 0 saturated carbocycles. The third kappa shape index (κ3) is 5.49. The van der Waals surface area contributed by atoms with Crippen molar-refractivity contribution in [1.82, 2.24) is 10.6 Å². The number of nitrogens with zero attached hydrogens (tertiary/aromatic N) is 1. The summed E-state index contributed by atoms with van der Waals surface area (Å²) in [5, 5.41) is 6.49. The lowest BCUT2D eigenvalue weighted by Gasteiger charge is -2.24. The van der Waals surface area contributed by atoms with Crippen LogP contribution in [0.3, 0.4) is 0 Å². The summed E-state index contributed by atoms with van der Waals surface area (Å²) in [7, 11) is 8.24. The first-order chi connectivity index (χ1) is 11.4. The molecule has 0 aromatic heterocycles. The smallest absolute Gasteiger partial charge is 0.191 e. The second kappa shape index (κ2) is 9.22. The van der Waals surface area contributed by atoms with Crippen LogP contribution in [0.25, 0.3) is 0 Å². The Morgan fingerprint density at radius 1 is 0.958 bits per heavy atom. The van der Waals surface area contributed by atoms with E-state index >= 15 is 0 Å². The molecule has 0 aliphatic heterocycles. The van der Waals surface area contributed by atoms with Crippen molar-refractivity contribution in [2.75, 3.05) is 42.0 Å². The van der Waals surface area contributed by atoms with E-state index in [1.807, 2.05) is 19.9 Å². The van der Waals surface area contributed by atoms with Gasteiger partial charge in [0.1, 0.15) is 5.75 Å². The quantitative estimate of drug-likeness (QED) is 0.556. The summed E-state index contributed by atoms with van der Waals surface area (Å²) in [5.41, 5.74) is 0.655. The average Bonchev–Trinajstić information content (AvgIpc) is 2.60. The van der Waals surface area contributed by atoms with Gasteiger partial charge < -0.3 is 29.6 Å². The fourth-order valence-corrected chi connectivity index (χ4v) is 2.00. The van der Waals surface area contributed by atoms with Gasteiger partial charge in [0.05, 0.1) is 26.9 Å². The highest BCUT2D eigenvalue weighted by molar-refractivity contribution is 5.79. The third-order valence-electron chi connectivity index (χ3n) is 3.69. The SMILES string of the molecule is CN=C(NCc1cc(OC)c(OC)cc1OC)NCC(C)(C)OC. The second-order valence-electron chi connectivity index (χ2n) is 5.76. The maximum Gasteiger partial charge on any atom is 0.191 e. The third-order valence-corrected chi connectivity index (χ3v) is 3.69. The lowest BCUT2D eigenvalue weighted by atomic mass is 10.1. The molecule has 1 aromatic carbocycles. The zero-order valence-corrected chi connectivity index (χ0v) is 15.6. The first kappa shape index (κ1) is 19.9. The van der Waals surface area contributed by atoms with Crippen LogP contribution in [0.4, 0.5) is 0 Å². The Morgan fingerprint density at radius 3 is 2.04 bits per heavy atom. The van der Waals surface area contributed by atoms with Crippen molar-refractivity contribution in [2.24, 2.45) is 4.99 Å². The molecule has 0 amide bonds. The average molecular weight is 339 g/mol. The minimum absolute atomic E-state index is 0.279. The van der Waals surface area contributed by atoms with E-state index in [1.165, 1.54) is 0 Å². The summed E-state index contributed by atoms with van der Waals surface area (Å²) >= 11 is 0. The molecule has 1 rings (SSSR count). The van der Waals surface area contributed by atoms with Crippen LogP contribution in [-0.4, -0.2) is 53.6 Å². The van der Waals surface area contributed by atoms with Crippen LogP contribution >= 0.6 is 0 Å². The van der Waals surface area contributed by atoms with Gasteiger partial charge in [-0.15, -0.1) is 0 Å². The van der Waals surface area contributed by atoms with Gasteiger partial charge in [-0.25, -0.2) is 0 Å². The normalized spacial score (nSPS) is 11.9. The van der Waals surface area contributed by atoms with Crippen molar-refractivity contribution in [3.8, 4) is 17.2 Å². The van der Waals surface area contributed by atoms with Crippen molar-refractivity contribution < 1.29 is 18.9 Å². The zero-order chi connectivity index (χ0) is 18.2. The Hall–Kier alpha value is -2.15. The zero-order valence-electron chi connectivity index (χ0n) is 15.6. The molecule has 0 unspecified atom stereocenters. The number of ether oxygens (including phenoxy) is 4. The van der Waals surface area contributed by atoms with E-state index in [0.717, 1.165) is 5.56 Å². The molecule has 0 saturated heterocycles. The van der Waals surface area contributed by atoms with E-state index in [0.29, 0.717) is 36.3 Å². The Balaban J connectivity index is 2.81. The number of nitrogens with one attached hydrogen (secondary N) is 2. The summed E-state index contributed by atoms with van der Waals surface area (Å²) < 4.78 is 21.5. The highest BCUT2D eigenvalue weighted by atomic mass is 16.5. The van der Waals surface area contributed by atoms with Gasteiger partial charge in [0.15, 0.2) is 17.5 Å². The minimum Gasteiger partial charge on any atom is -0.496 e. The van der Waals surface area contributed by atoms with E-state index < -0.39 is 0 Å². The molecule has 7 heteroatoms. The number of guanidine groups is 1. The molecule has 2 N–H and O–H groups in total. The molecule has 0 bridgehead atoms. The van der Waals surface area contributed by atoms with Crippen molar-refractivity contribution in [3.63, 3.8) is 0 Å². The first-order valence-corrected chi connectivity index (χ1v) is 7.69. The largest absolute Gasteiger partial charge is 0.496 e. The van der Waals surface area contributed by atoms with Crippen LogP contribution in [-0.2, 0) is 11.3 Å². The molecule has 0 aliphatic rings. The van der Waals surface area contributed by atoms with E-state index in [2.05, 4.69) is 15.6 Å². The van der Waals surface area contributed by atoms with Crippen molar-refractivity contribution in [3.05, 3.63) is 17.7 Å². The molecule has 0 aliphatic carbocycles. The van der Waals surface area contributed by atoms with Gasteiger partial charge in [0.25, 0.3) is 0 Å². The first-order valence-electron chi connectivity index (χ1n) is 7.69. The predicted molar refractivity (Wildman–Crippen MR) is 95.4 cm³/mol. The van der Waals surface area contributed by atoms with Gasteiger partial charge in [0.2, 0.25) is 0 Å². The molecule has 0 heterocycles. The van der Waals surface area contributed by atoms with E-state index in [1.54, 1.807) is 41.6 Å². The van der Waals surface area contributed by atoms with Crippen molar-refractivity contribution >= 4 is 5.96 Å². The Morgan fingerprint density at radius 2 is 1.54 bits per heavy atom. The molecule has 0 spiro atoms. The topological polar surface area (TPSA) is 73.3 Å². The summed E-state index contributed by atoms with van der Waals surface area (Å²) in [5.74, 6) is 2.67. The van der Waals surface area contributed by atoms with Crippen LogP contribution < -0.4 is 24.8 Å². The lowest BCUT2D eigenvalue weighted by Crippen LogP contribution is -2.45. The van der Waals surface area contributed by atoms with Crippen LogP contribution in [0.2, 0.25) is 0 Å². The van der Waals surface area contributed by atoms with Crippen LogP contribution in [0.1, 0.15) is 19.4 Å². The molecular weight excluding hydrogens is 310 g/mol. The van der Waals surface area contributed by atoms with Crippen molar-refractivity contribution in [2.45, 2.75) is 26.0 Å². The molecule has 24 heavy (non-hydrogen) atoms. The standard InChI is InChI=1S/C17H29N3O4/c1-17(2,24-7)11-20-16(18-3)19-10-12-8-14(22-5)15(23-6)9-13(12)21-4/h8-9H,10-11H2,1-7H3,(H2,18,19,20). The molecule has 136 valence electrons. The molecule has 7 nitrogen and oxygen atoms in total. The number of benzene rings is 1. The Labute approximate surface area is 144 Å². The monoisotopic (exact) mass is 339 g/mol. The minimum atomic E-state index is -0.279. The summed E-state index contributed by atoms with van der Waals surface area (Å²) in [6.07, 6.45) is 0. The molecule has 0 radical (unpaired) electrons. The highest BCUT2D eigenvalue weighted by Crippen LogP contribution is 2.34. The fraction of sp³-hybridized carbons (Fsp3) is 0.588. The number of aliphatic imine (C=N–C) groups is 1. The summed E-state index contributed by atoms with van der Waals surface area (Å²) in [6.45, 7) is 5.16. The van der Waals surface area contributed by atoms with Gasteiger partial charge in [0, 0.05) is 38.9 Å². The van der Waals surface area contributed by atoms with E-state index in [9.17, 15) is 0 Å². The van der Waals surface area contributed by atoms with Crippen LogP contribution in [0.15, 0.2) is 17.1 Å². The summed E-state index contributed by atoms with van der Waals surface area (Å²) in [6, 6.07) is 3.69. The number of hydrogen-bond acceptors (Lipinski definition) is 5. The van der Waals surface area contributed by atoms with Gasteiger partial charge in [-0.05, 0) is 19.9 Å². The highest BCUT2D eigenvalue weighted by Gasteiger charge is 2.17. The van der Waals surface area contributed by atoms with Gasteiger partial charge in [-0.1, -0.05) is 0 Å². The van der Waals surface area contributed by atoms with Crippen LogP contribution in [0, 0.1) is 0 Å². The number of methoxy groups -OCH3 is 4. The maximum atomic E-state index is 5.43. The van der Waals surface area contributed by atoms with Gasteiger partial charge >= 0.3 is 0 Å². The van der Waals surface area contributed by atoms with Crippen LogP contribution in [0.5, 0.6) is 17.2 Å². The number of hydrogen-bond donors (Lipinski definition) is 2. The van der Waals surface area contributed by atoms with E-state index in [-0.39, 0.29) is 5.60 Å². The second-order valence-corrected chi connectivity index (χ2v) is 5.76. The molecular formula is C17H29N3O4. The number of rotatable bonds is 8. The maximum absolute atomic E-state index is 5.43. The predicted octanol–water partition coefficient (Wildman–Crippen LogP) is 1.80. The fourth-order valence-electron chi connectivity index (χ4n) is 2.00. The Kier molecular flexibility index (Phi) is 7.64.